The van der Waals surface area contributed by atoms with Gasteiger partial charge in [-0.05, 0) is 24.6 Å². The van der Waals surface area contributed by atoms with Gasteiger partial charge in [-0.25, -0.2) is 0 Å². The largest absolute Gasteiger partial charge is 0.309 e. The number of thiophene rings is 1. The maximum Gasteiger partial charge on any atom is 0.0938 e. The van der Waals surface area contributed by atoms with Gasteiger partial charge in [-0.1, -0.05) is 23.7 Å². The van der Waals surface area contributed by atoms with Crippen molar-refractivity contribution in [2.45, 2.75) is 6.04 Å². The normalized spacial score (nSPS) is 12.7. The van der Waals surface area contributed by atoms with Crippen LogP contribution in [0.2, 0.25) is 5.02 Å². The fourth-order valence-electron chi connectivity index (χ4n) is 2.19. The second kappa shape index (κ2) is 5.25. The van der Waals surface area contributed by atoms with E-state index in [0.717, 1.165) is 26.5 Å². The third-order valence-electron chi connectivity index (χ3n) is 3.04. The van der Waals surface area contributed by atoms with Crippen molar-refractivity contribution < 1.29 is 0 Å². The van der Waals surface area contributed by atoms with E-state index in [1.165, 1.54) is 0 Å². The van der Waals surface area contributed by atoms with Gasteiger partial charge in [0.1, 0.15) is 0 Å². The summed E-state index contributed by atoms with van der Waals surface area (Å²) in [7, 11) is 1.93. The molecule has 5 heteroatoms. The Labute approximate surface area is 120 Å². The summed E-state index contributed by atoms with van der Waals surface area (Å²) in [5, 5.41) is 6.09. The number of para-hydroxylation sites is 1. The SMILES string of the molecule is CNC(c1sccc1Cl)c1cccc2nccnc12. The zero-order valence-corrected chi connectivity index (χ0v) is 11.9. The van der Waals surface area contributed by atoms with Gasteiger partial charge in [0.2, 0.25) is 0 Å². The van der Waals surface area contributed by atoms with Crippen molar-refractivity contribution in [1.29, 1.82) is 0 Å². The lowest BCUT2D eigenvalue weighted by molar-refractivity contribution is 0.707. The molecule has 1 aromatic carbocycles. The number of nitrogens with one attached hydrogen (secondary N) is 1. The van der Waals surface area contributed by atoms with Crippen LogP contribution in [0.15, 0.2) is 42.0 Å². The highest BCUT2D eigenvalue weighted by molar-refractivity contribution is 7.10. The Hall–Kier alpha value is -1.49. The molecule has 0 bridgehead atoms. The minimum absolute atomic E-state index is 0.0351. The molecule has 1 atom stereocenters. The highest BCUT2D eigenvalue weighted by Crippen LogP contribution is 2.34. The van der Waals surface area contributed by atoms with Gasteiger partial charge >= 0.3 is 0 Å². The van der Waals surface area contributed by atoms with E-state index in [9.17, 15) is 0 Å². The fourth-order valence-corrected chi connectivity index (χ4v) is 3.48. The van der Waals surface area contributed by atoms with Crippen LogP contribution >= 0.6 is 22.9 Å². The Balaban J connectivity index is 2.20. The zero-order chi connectivity index (χ0) is 13.2. The van der Waals surface area contributed by atoms with Crippen LogP contribution in [0.3, 0.4) is 0 Å². The number of hydrogen-bond acceptors (Lipinski definition) is 4. The van der Waals surface area contributed by atoms with Gasteiger partial charge in [-0.3, -0.25) is 9.97 Å². The number of rotatable bonds is 3. The van der Waals surface area contributed by atoms with Gasteiger partial charge in [0, 0.05) is 22.8 Å². The summed E-state index contributed by atoms with van der Waals surface area (Å²) in [6.45, 7) is 0. The Morgan fingerprint density at radius 1 is 1.21 bits per heavy atom. The van der Waals surface area contributed by atoms with Crippen molar-refractivity contribution in [3.63, 3.8) is 0 Å². The molecule has 0 amide bonds. The van der Waals surface area contributed by atoms with Gasteiger partial charge in [-0.15, -0.1) is 11.3 Å². The van der Waals surface area contributed by atoms with Crippen molar-refractivity contribution in [2.24, 2.45) is 0 Å². The first kappa shape index (κ1) is 12.5. The smallest absolute Gasteiger partial charge is 0.0938 e. The summed E-state index contributed by atoms with van der Waals surface area (Å²) in [6, 6.07) is 7.98. The minimum atomic E-state index is 0.0351. The van der Waals surface area contributed by atoms with Crippen LogP contribution in [0.5, 0.6) is 0 Å². The summed E-state index contributed by atoms with van der Waals surface area (Å²) in [6.07, 6.45) is 3.42. The maximum absolute atomic E-state index is 6.25. The molecular weight excluding hydrogens is 278 g/mol. The van der Waals surface area contributed by atoms with E-state index >= 15 is 0 Å². The van der Waals surface area contributed by atoms with E-state index in [1.807, 2.05) is 30.6 Å². The lowest BCUT2D eigenvalue weighted by atomic mass is 10.0. The molecule has 2 heterocycles. The molecule has 96 valence electrons. The second-order valence-electron chi connectivity index (χ2n) is 4.13. The molecule has 0 radical (unpaired) electrons. The molecule has 2 aromatic heterocycles. The zero-order valence-electron chi connectivity index (χ0n) is 10.3. The molecule has 3 aromatic rings. The number of hydrogen-bond donors (Lipinski definition) is 1. The summed E-state index contributed by atoms with van der Waals surface area (Å²) in [5.74, 6) is 0. The predicted octanol–water partition coefficient (Wildman–Crippen LogP) is 3.65. The maximum atomic E-state index is 6.25. The topological polar surface area (TPSA) is 37.8 Å². The van der Waals surface area contributed by atoms with Gasteiger partial charge in [0.05, 0.1) is 22.1 Å². The van der Waals surface area contributed by atoms with E-state index in [2.05, 4.69) is 21.4 Å². The molecule has 1 N–H and O–H groups in total. The van der Waals surface area contributed by atoms with Gasteiger partial charge in [0.25, 0.3) is 0 Å². The van der Waals surface area contributed by atoms with Crippen molar-refractivity contribution in [1.82, 2.24) is 15.3 Å². The molecule has 0 fully saturated rings. The standard InChI is InChI=1S/C14H12ClN3S/c1-16-13(14-10(15)5-8-19-14)9-3-2-4-11-12(9)18-7-6-17-11/h2-8,13,16H,1H3. The molecule has 3 rings (SSSR count). The third kappa shape index (κ3) is 2.23. The molecule has 0 saturated heterocycles. The molecule has 0 aliphatic carbocycles. The number of fused-ring (bicyclic) bond motifs is 1. The Morgan fingerprint density at radius 2 is 2.05 bits per heavy atom. The summed E-state index contributed by atoms with van der Waals surface area (Å²) in [4.78, 5) is 9.89. The van der Waals surface area contributed by atoms with E-state index in [-0.39, 0.29) is 6.04 Å². The summed E-state index contributed by atoms with van der Waals surface area (Å²) < 4.78 is 0. The lowest BCUT2D eigenvalue weighted by Crippen LogP contribution is -2.17. The molecule has 19 heavy (non-hydrogen) atoms. The molecule has 1 unspecified atom stereocenters. The monoisotopic (exact) mass is 289 g/mol. The van der Waals surface area contributed by atoms with Gasteiger partial charge in [0.15, 0.2) is 0 Å². The molecule has 0 spiro atoms. The Morgan fingerprint density at radius 3 is 2.79 bits per heavy atom. The average molecular weight is 290 g/mol. The first-order chi connectivity index (χ1) is 9.31. The van der Waals surface area contributed by atoms with Crippen molar-refractivity contribution in [2.75, 3.05) is 7.05 Å². The quantitative estimate of drug-likeness (QED) is 0.800. The second-order valence-corrected chi connectivity index (χ2v) is 5.48. The minimum Gasteiger partial charge on any atom is -0.309 e. The van der Waals surface area contributed by atoms with Gasteiger partial charge < -0.3 is 5.32 Å². The molecule has 0 saturated carbocycles. The number of halogens is 1. The summed E-state index contributed by atoms with van der Waals surface area (Å²) >= 11 is 7.89. The van der Waals surface area contributed by atoms with Crippen LogP contribution < -0.4 is 5.32 Å². The van der Waals surface area contributed by atoms with E-state index in [4.69, 9.17) is 11.6 Å². The average Bonchev–Trinajstić information content (AvgIpc) is 2.86. The first-order valence-electron chi connectivity index (χ1n) is 5.91. The van der Waals surface area contributed by atoms with Crippen LogP contribution in [0.1, 0.15) is 16.5 Å². The Kier molecular flexibility index (Phi) is 3.46. The van der Waals surface area contributed by atoms with Crippen LogP contribution in [0, 0.1) is 0 Å². The summed E-state index contributed by atoms with van der Waals surface area (Å²) in [5.41, 5.74) is 2.90. The van der Waals surface area contributed by atoms with Crippen molar-refractivity contribution in [3.8, 4) is 0 Å². The Bertz CT molecular complexity index is 705. The molecule has 0 aliphatic rings. The van der Waals surface area contributed by atoms with E-state index < -0.39 is 0 Å². The number of benzene rings is 1. The van der Waals surface area contributed by atoms with E-state index in [1.54, 1.807) is 23.7 Å². The third-order valence-corrected chi connectivity index (χ3v) is 4.46. The van der Waals surface area contributed by atoms with E-state index in [0.29, 0.717) is 0 Å². The van der Waals surface area contributed by atoms with Crippen LogP contribution in [0.4, 0.5) is 0 Å². The van der Waals surface area contributed by atoms with Crippen LogP contribution in [-0.2, 0) is 0 Å². The highest BCUT2D eigenvalue weighted by Gasteiger charge is 2.19. The van der Waals surface area contributed by atoms with Crippen molar-refractivity contribution in [3.05, 3.63) is 57.5 Å². The first-order valence-corrected chi connectivity index (χ1v) is 7.17. The lowest BCUT2D eigenvalue weighted by Gasteiger charge is -2.17. The van der Waals surface area contributed by atoms with Crippen LogP contribution in [-0.4, -0.2) is 17.0 Å². The fraction of sp³-hybridized carbons (Fsp3) is 0.143. The molecule has 0 aliphatic heterocycles. The van der Waals surface area contributed by atoms with Crippen molar-refractivity contribution >= 4 is 34.0 Å². The van der Waals surface area contributed by atoms with Gasteiger partial charge in [-0.2, -0.15) is 0 Å². The predicted molar refractivity (Wildman–Crippen MR) is 79.8 cm³/mol. The number of nitrogens with zero attached hydrogens (tertiary/aromatic N) is 2. The number of aromatic nitrogens is 2. The molecule has 3 nitrogen and oxygen atoms in total. The molecular formula is C14H12ClN3S. The van der Waals surface area contributed by atoms with Crippen LogP contribution in [0.25, 0.3) is 11.0 Å². The highest BCUT2D eigenvalue weighted by atomic mass is 35.5.